The molecule has 0 N–H and O–H groups in total. The van der Waals surface area contributed by atoms with E-state index in [9.17, 15) is 0 Å². The molecular formula is C57H37IrN4. The van der Waals surface area contributed by atoms with Gasteiger partial charge in [-0.3, -0.25) is 0 Å². The van der Waals surface area contributed by atoms with Crippen molar-refractivity contribution in [3.63, 3.8) is 0 Å². The van der Waals surface area contributed by atoms with E-state index in [0.717, 1.165) is 50.5 Å². The largest absolute Gasteiger partial charge is 3.00 e. The van der Waals surface area contributed by atoms with E-state index in [4.69, 9.17) is 0 Å². The van der Waals surface area contributed by atoms with Crippen LogP contribution >= 0.6 is 0 Å². The van der Waals surface area contributed by atoms with Crippen molar-refractivity contribution in [3.8, 4) is 72.8 Å². The third-order valence-electron chi connectivity index (χ3n) is 10.8. The fourth-order valence-electron chi connectivity index (χ4n) is 8.07. The molecule has 0 saturated carbocycles. The van der Waals surface area contributed by atoms with Crippen LogP contribution in [0, 0.1) is 18.2 Å². The third-order valence-corrected chi connectivity index (χ3v) is 10.8. The summed E-state index contributed by atoms with van der Waals surface area (Å²) in [5.41, 5.74) is 15.3. The van der Waals surface area contributed by atoms with Crippen molar-refractivity contribution in [2.75, 3.05) is 0 Å². The molecule has 62 heavy (non-hydrogen) atoms. The van der Waals surface area contributed by atoms with Gasteiger partial charge in [0.25, 0.3) is 0 Å². The van der Waals surface area contributed by atoms with Gasteiger partial charge in [-0.1, -0.05) is 121 Å². The van der Waals surface area contributed by atoms with Crippen molar-refractivity contribution >= 4 is 21.8 Å². The molecule has 0 bridgehead atoms. The van der Waals surface area contributed by atoms with Crippen LogP contribution in [-0.2, 0) is 20.1 Å². The second-order valence-electron chi connectivity index (χ2n) is 14.5. The average Bonchev–Trinajstić information content (AvgIpc) is 3.69. The predicted molar refractivity (Wildman–Crippen MR) is 250 cm³/mol. The van der Waals surface area contributed by atoms with Gasteiger partial charge >= 0.3 is 20.1 Å². The zero-order valence-electron chi connectivity index (χ0n) is 33.5. The Hall–Kier alpha value is -7.56. The molecule has 4 aromatic heterocycles. The van der Waals surface area contributed by atoms with Crippen molar-refractivity contribution in [2.24, 2.45) is 0 Å². The molecule has 0 fully saturated rings. The van der Waals surface area contributed by atoms with Crippen LogP contribution in [0.15, 0.2) is 225 Å². The number of para-hydroxylation sites is 2. The normalized spacial score (nSPS) is 10.8. The van der Waals surface area contributed by atoms with Crippen LogP contribution in [0.5, 0.6) is 0 Å². The van der Waals surface area contributed by atoms with Gasteiger partial charge in [-0.25, -0.2) is 4.98 Å². The summed E-state index contributed by atoms with van der Waals surface area (Å²) in [6.45, 7) is 0. The molecule has 0 atom stereocenters. The number of benzene rings is 7. The summed E-state index contributed by atoms with van der Waals surface area (Å²) in [7, 11) is 0. The smallest absolute Gasteiger partial charge is 0.319 e. The predicted octanol–water partition coefficient (Wildman–Crippen LogP) is 14.1. The van der Waals surface area contributed by atoms with Crippen LogP contribution in [0.4, 0.5) is 0 Å². The molecule has 0 aliphatic rings. The maximum atomic E-state index is 4.64. The molecule has 0 radical (unpaired) electrons. The summed E-state index contributed by atoms with van der Waals surface area (Å²) in [4.78, 5) is 13.6. The summed E-state index contributed by atoms with van der Waals surface area (Å²) in [6, 6.07) is 80.8. The Morgan fingerprint density at radius 2 is 0.919 bits per heavy atom. The molecule has 5 heteroatoms. The van der Waals surface area contributed by atoms with Crippen LogP contribution in [0.1, 0.15) is 0 Å². The molecule has 0 spiro atoms. The first-order valence-corrected chi connectivity index (χ1v) is 20.3. The van der Waals surface area contributed by atoms with Gasteiger partial charge in [-0.2, -0.15) is 24.3 Å². The number of nitrogens with zero attached hydrogens (tertiary/aromatic N) is 4. The Balaban J connectivity index is 0.000000204. The van der Waals surface area contributed by atoms with E-state index < -0.39 is 0 Å². The molecule has 4 nitrogen and oxygen atoms in total. The quantitative estimate of drug-likeness (QED) is 0.150. The molecule has 7 aromatic carbocycles. The van der Waals surface area contributed by atoms with E-state index in [0.29, 0.717) is 0 Å². The van der Waals surface area contributed by atoms with E-state index in [2.05, 4.69) is 165 Å². The summed E-state index contributed by atoms with van der Waals surface area (Å²) in [5.74, 6) is 0.927. The van der Waals surface area contributed by atoms with E-state index in [1.807, 2.05) is 97.5 Å². The monoisotopic (exact) mass is 970 g/mol. The average molecular weight is 970 g/mol. The Kier molecular flexibility index (Phi) is 11.8. The van der Waals surface area contributed by atoms with Crippen molar-refractivity contribution in [1.29, 1.82) is 0 Å². The van der Waals surface area contributed by atoms with E-state index >= 15 is 0 Å². The summed E-state index contributed by atoms with van der Waals surface area (Å²) >= 11 is 0. The van der Waals surface area contributed by atoms with E-state index in [-0.39, 0.29) is 20.1 Å². The first-order chi connectivity index (χ1) is 30.3. The molecule has 0 amide bonds. The van der Waals surface area contributed by atoms with Gasteiger partial charge in [0.05, 0.1) is 0 Å². The minimum Gasteiger partial charge on any atom is -0.319 e. The molecule has 11 rings (SSSR count). The van der Waals surface area contributed by atoms with Crippen molar-refractivity contribution in [1.82, 2.24) is 19.5 Å². The van der Waals surface area contributed by atoms with Crippen LogP contribution in [0.25, 0.3) is 94.6 Å². The van der Waals surface area contributed by atoms with Crippen LogP contribution < -0.4 is 0 Å². The molecule has 0 unspecified atom stereocenters. The maximum Gasteiger partial charge on any atom is 3.00 e. The minimum absolute atomic E-state index is 0. The van der Waals surface area contributed by atoms with Crippen LogP contribution in [0.3, 0.4) is 0 Å². The van der Waals surface area contributed by atoms with Crippen molar-refractivity contribution in [2.45, 2.75) is 0 Å². The number of aromatic nitrogens is 4. The zero-order chi connectivity index (χ0) is 40.8. The number of hydrogen-bond acceptors (Lipinski definition) is 3. The SMILES string of the molecule is [Ir+3].[c-]1cccc2c3ccccc3n(-c3ccccn3)c12.[c-]1ccccc1-c1cc(-c2ccccc2-c2ccccc2-c2ccccc2-c2cc[c-]c(-c3ccccn3)c2)ccn1. The van der Waals surface area contributed by atoms with E-state index in [1.54, 1.807) is 0 Å². The molecule has 0 aliphatic heterocycles. The summed E-state index contributed by atoms with van der Waals surface area (Å²) in [6.07, 6.45) is 5.52. The number of rotatable bonds is 7. The molecule has 11 aromatic rings. The van der Waals surface area contributed by atoms with Gasteiger partial charge < -0.3 is 14.5 Å². The Morgan fingerprint density at radius 1 is 0.355 bits per heavy atom. The number of hydrogen-bond donors (Lipinski definition) is 0. The number of pyridine rings is 3. The van der Waals surface area contributed by atoms with Crippen LogP contribution in [0.2, 0.25) is 0 Å². The van der Waals surface area contributed by atoms with Gasteiger partial charge in [-0.05, 0) is 86.1 Å². The second kappa shape index (κ2) is 18.4. The molecule has 0 aliphatic carbocycles. The first kappa shape index (κ1) is 39.9. The standard InChI is InChI=1S/C40H26N2.C17H11N2.Ir/c1-2-13-29(14-3-1)40-28-31(24-26-42-40)34-18-5-7-20-36(34)38-22-9-8-21-37(38)35-19-6-4-17-33(35)30-15-12-16-32(27-30)39-23-10-11-25-41-39;1-3-9-15-13(7-1)14-8-2-4-10-16(14)19(15)17-11-5-6-12-18-17;/h1-13,15,17-28H;1-9,11-12H;/q-2;-1;+3. The fourth-order valence-corrected chi connectivity index (χ4v) is 8.07. The van der Waals surface area contributed by atoms with E-state index in [1.165, 1.54) is 44.1 Å². The number of fused-ring (bicyclic) bond motifs is 3. The molecule has 4 heterocycles. The molecule has 294 valence electrons. The second-order valence-corrected chi connectivity index (χ2v) is 14.5. The summed E-state index contributed by atoms with van der Waals surface area (Å²) in [5, 5.41) is 2.45. The summed E-state index contributed by atoms with van der Waals surface area (Å²) < 4.78 is 2.16. The van der Waals surface area contributed by atoms with Gasteiger partial charge in [-0.15, -0.1) is 76.7 Å². The van der Waals surface area contributed by atoms with Gasteiger partial charge in [0.2, 0.25) is 0 Å². The Bertz CT molecular complexity index is 3050. The zero-order valence-corrected chi connectivity index (χ0v) is 35.9. The maximum absolute atomic E-state index is 4.64. The fraction of sp³-hybridized carbons (Fsp3) is 0. The van der Waals surface area contributed by atoms with Gasteiger partial charge in [0, 0.05) is 24.1 Å². The molecule has 0 saturated heterocycles. The third kappa shape index (κ3) is 8.03. The van der Waals surface area contributed by atoms with Gasteiger partial charge in [0.15, 0.2) is 0 Å². The Labute approximate surface area is 375 Å². The van der Waals surface area contributed by atoms with Crippen molar-refractivity contribution in [3.05, 3.63) is 243 Å². The topological polar surface area (TPSA) is 43.6 Å². The van der Waals surface area contributed by atoms with Crippen LogP contribution in [-0.4, -0.2) is 19.5 Å². The van der Waals surface area contributed by atoms with Crippen molar-refractivity contribution < 1.29 is 20.1 Å². The molecular weight excluding hydrogens is 933 g/mol. The van der Waals surface area contributed by atoms with Gasteiger partial charge in [0.1, 0.15) is 5.82 Å². The minimum atomic E-state index is 0. The Morgan fingerprint density at radius 3 is 1.60 bits per heavy atom. The first-order valence-electron chi connectivity index (χ1n) is 20.3.